The second-order valence-electron chi connectivity index (χ2n) is 2.81. The molecule has 3 nitrogen and oxygen atoms in total. The molecule has 2 heterocycles. The van der Waals surface area contributed by atoms with Crippen molar-refractivity contribution in [2.75, 3.05) is 25.4 Å². The maximum atomic E-state index is 11.2. The summed E-state index contributed by atoms with van der Waals surface area (Å²) >= 11 is 0. The van der Waals surface area contributed by atoms with E-state index in [0.717, 1.165) is 31.8 Å². The van der Waals surface area contributed by atoms with Gasteiger partial charge in [-0.25, -0.2) is 8.51 Å². The minimum atomic E-state index is -0.646. The second-order valence-corrected chi connectivity index (χ2v) is 4.33. The lowest BCUT2D eigenvalue weighted by Gasteiger charge is -2.27. The van der Waals surface area contributed by atoms with E-state index in [1.165, 1.54) is 0 Å². The van der Waals surface area contributed by atoms with E-state index in [0.29, 0.717) is 6.04 Å². The molecule has 4 heteroatoms. The van der Waals surface area contributed by atoms with Gasteiger partial charge in [0.1, 0.15) is 0 Å². The van der Waals surface area contributed by atoms with Crippen molar-refractivity contribution in [1.82, 2.24) is 9.62 Å². The van der Waals surface area contributed by atoms with E-state index in [1.54, 1.807) is 0 Å². The van der Waals surface area contributed by atoms with Gasteiger partial charge in [0.2, 0.25) is 0 Å². The second kappa shape index (κ2) is 2.60. The van der Waals surface area contributed by atoms with Gasteiger partial charge in [0.15, 0.2) is 0 Å². The summed E-state index contributed by atoms with van der Waals surface area (Å²) in [6.45, 7) is 3.01. The molecule has 2 aliphatic rings. The molecule has 0 aromatic rings. The summed E-state index contributed by atoms with van der Waals surface area (Å²) in [4.78, 5) is 0. The minimum absolute atomic E-state index is 0.564. The summed E-state index contributed by atoms with van der Waals surface area (Å²) < 4.78 is 13.3. The van der Waals surface area contributed by atoms with Gasteiger partial charge in [0, 0.05) is 31.4 Å². The van der Waals surface area contributed by atoms with E-state index in [1.807, 2.05) is 0 Å². The Hall–Kier alpha value is 0.0700. The summed E-state index contributed by atoms with van der Waals surface area (Å²) in [5.41, 5.74) is 0. The molecule has 58 valence electrons. The van der Waals surface area contributed by atoms with Crippen molar-refractivity contribution in [3.8, 4) is 0 Å². The van der Waals surface area contributed by atoms with Crippen molar-refractivity contribution in [1.29, 1.82) is 0 Å². The molecule has 2 unspecified atom stereocenters. The van der Waals surface area contributed by atoms with E-state index >= 15 is 0 Å². The fraction of sp³-hybridized carbons (Fsp3) is 1.00. The summed E-state index contributed by atoms with van der Waals surface area (Å²) in [7, 11) is -0.646. The van der Waals surface area contributed by atoms with Gasteiger partial charge < -0.3 is 5.32 Å². The molecule has 0 radical (unpaired) electrons. The number of nitrogens with zero attached hydrogens (tertiary/aromatic N) is 1. The van der Waals surface area contributed by atoms with Crippen LogP contribution in [0.3, 0.4) is 0 Å². The predicted octanol–water partition coefficient (Wildman–Crippen LogP) is -0.672. The molecule has 1 N–H and O–H groups in total. The van der Waals surface area contributed by atoms with Gasteiger partial charge in [-0.15, -0.1) is 0 Å². The monoisotopic (exact) mass is 160 g/mol. The zero-order valence-electron chi connectivity index (χ0n) is 5.88. The minimum Gasteiger partial charge on any atom is -0.314 e. The van der Waals surface area contributed by atoms with Gasteiger partial charge in [0.25, 0.3) is 0 Å². The maximum absolute atomic E-state index is 11.2. The van der Waals surface area contributed by atoms with Gasteiger partial charge in [-0.2, -0.15) is 0 Å². The van der Waals surface area contributed by atoms with E-state index in [4.69, 9.17) is 0 Å². The third-order valence-corrected chi connectivity index (χ3v) is 3.77. The summed E-state index contributed by atoms with van der Waals surface area (Å²) in [6.07, 6.45) is 1.11. The number of rotatable bonds is 0. The first-order valence-electron chi connectivity index (χ1n) is 3.74. The molecule has 0 aromatic heterocycles. The number of piperazine rings is 1. The first kappa shape index (κ1) is 6.76. The lowest BCUT2D eigenvalue weighted by atomic mass is 10.2. The highest BCUT2D eigenvalue weighted by atomic mass is 32.2. The van der Waals surface area contributed by atoms with Crippen LogP contribution >= 0.6 is 0 Å². The fourth-order valence-corrected chi connectivity index (χ4v) is 3.13. The van der Waals surface area contributed by atoms with Crippen LogP contribution in [0, 0.1) is 0 Å². The first-order valence-corrected chi connectivity index (χ1v) is 5.01. The molecule has 2 fully saturated rings. The van der Waals surface area contributed by atoms with Crippen molar-refractivity contribution in [2.24, 2.45) is 0 Å². The Bertz CT molecular complexity index is 162. The number of hydrogen-bond donors (Lipinski definition) is 1. The quantitative estimate of drug-likeness (QED) is 0.509. The smallest absolute Gasteiger partial charge is 0.0946 e. The average Bonchev–Trinajstić information content (AvgIpc) is 2.34. The lowest BCUT2D eigenvalue weighted by Crippen LogP contribution is -2.47. The molecule has 2 aliphatic heterocycles. The number of nitrogens with one attached hydrogen (secondary N) is 1. The third kappa shape index (κ3) is 1.00. The van der Waals surface area contributed by atoms with Crippen LogP contribution in [-0.4, -0.2) is 39.9 Å². The Morgan fingerprint density at radius 1 is 1.60 bits per heavy atom. The van der Waals surface area contributed by atoms with Crippen molar-refractivity contribution < 1.29 is 4.21 Å². The topological polar surface area (TPSA) is 32.3 Å². The Labute approximate surface area is 63.4 Å². The van der Waals surface area contributed by atoms with Gasteiger partial charge in [0.05, 0.1) is 11.0 Å². The van der Waals surface area contributed by atoms with Gasteiger partial charge >= 0.3 is 0 Å². The summed E-state index contributed by atoms with van der Waals surface area (Å²) in [5.74, 6) is 0.881. The van der Waals surface area contributed by atoms with Crippen molar-refractivity contribution in [3.63, 3.8) is 0 Å². The van der Waals surface area contributed by atoms with E-state index in [-0.39, 0.29) is 0 Å². The molecular weight excluding hydrogens is 148 g/mol. The van der Waals surface area contributed by atoms with Crippen molar-refractivity contribution >= 4 is 11.0 Å². The van der Waals surface area contributed by atoms with Crippen LogP contribution in [-0.2, 0) is 11.0 Å². The molecule has 0 aromatic carbocycles. The van der Waals surface area contributed by atoms with Crippen LogP contribution < -0.4 is 5.32 Å². The molecule has 0 bridgehead atoms. The highest BCUT2D eigenvalue weighted by Crippen LogP contribution is 2.18. The Balaban J connectivity index is 2.08. The third-order valence-electron chi connectivity index (χ3n) is 2.18. The van der Waals surface area contributed by atoms with Crippen LogP contribution in [0.25, 0.3) is 0 Å². The maximum Gasteiger partial charge on any atom is 0.0946 e. The van der Waals surface area contributed by atoms with Crippen LogP contribution in [0.4, 0.5) is 0 Å². The highest BCUT2D eigenvalue weighted by molar-refractivity contribution is 7.82. The molecule has 0 amide bonds. The number of fused-ring (bicyclic) bond motifs is 1. The summed E-state index contributed by atoms with van der Waals surface area (Å²) in [6, 6.07) is 0.564. The SMILES string of the molecule is O=S1CCC2CNCCN21. The predicted molar refractivity (Wildman–Crippen MR) is 41.0 cm³/mol. The molecule has 2 saturated heterocycles. The van der Waals surface area contributed by atoms with Crippen molar-refractivity contribution in [2.45, 2.75) is 12.5 Å². The first-order chi connectivity index (χ1) is 4.88. The van der Waals surface area contributed by atoms with Crippen molar-refractivity contribution in [3.05, 3.63) is 0 Å². The fourth-order valence-electron chi connectivity index (χ4n) is 1.61. The Morgan fingerprint density at radius 3 is 3.30 bits per heavy atom. The molecule has 0 saturated carbocycles. The highest BCUT2D eigenvalue weighted by Gasteiger charge is 2.32. The Kier molecular flexibility index (Phi) is 1.76. The molecule has 2 atom stereocenters. The Morgan fingerprint density at radius 2 is 2.50 bits per heavy atom. The molecule has 0 spiro atoms. The van der Waals surface area contributed by atoms with Gasteiger partial charge in [-0.05, 0) is 6.42 Å². The van der Waals surface area contributed by atoms with E-state index < -0.39 is 11.0 Å². The zero-order valence-corrected chi connectivity index (χ0v) is 6.69. The van der Waals surface area contributed by atoms with Crippen LogP contribution in [0.2, 0.25) is 0 Å². The molecule has 0 aliphatic carbocycles. The molecule has 2 rings (SSSR count). The average molecular weight is 160 g/mol. The normalized spacial score (nSPS) is 41.6. The van der Waals surface area contributed by atoms with Crippen LogP contribution in [0.1, 0.15) is 6.42 Å². The molecular formula is C6H12N2OS. The standard InChI is InChI=1S/C6H12N2OS/c9-10-4-1-6-5-7-2-3-8(6)10/h6-7H,1-5H2. The van der Waals surface area contributed by atoms with Crippen LogP contribution in [0.5, 0.6) is 0 Å². The van der Waals surface area contributed by atoms with Gasteiger partial charge in [-0.1, -0.05) is 0 Å². The van der Waals surface area contributed by atoms with Crippen LogP contribution in [0.15, 0.2) is 0 Å². The molecule has 10 heavy (non-hydrogen) atoms. The largest absolute Gasteiger partial charge is 0.314 e. The zero-order chi connectivity index (χ0) is 6.97. The number of hydrogen-bond acceptors (Lipinski definition) is 2. The van der Waals surface area contributed by atoms with Gasteiger partial charge in [-0.3, -0.25) is 0 Å². The lowest BCUT2D eigenvalue weighted by molar-refractivity contribution is 0.296. The van der Waals surface area contributed by atoms with E-state index in [2.05, 4.69) is 9.62 Å². The summed E-state index contributed by atoms with van der Waals surface area (Å²) in [5, 5.41) is 3.30. The van der Waals surface area contributed by atoms with E-state index in [9.17, 15) is 4.21 Å².